The zero-order valence-corrected chi connectivity index (χ0v) is 23.2. The van der Waals surface area contributed by atoms with Crippen LogP contribution in [0.1, 0.15) is 36.6 Å². The molecule has 1 fully saturated rings. The lowest BCUT2D eigenvalue weighted by Crippen LogP contribution is -2.43. The number of benzene rings is 3. The van der Waals surface area contributed by atoms with Crippen LogP contribution in [0.4, 0.5) is 9.18 Å². The molecule has 12 heteroatoms. The van der Waals surface area contributed by atoms with Gasteiger partial charge in [-0.25, -0.2) is 23.1 Å². The number of carbonyl (C=O) groups is 1. The minimum atomic E-state index is -4.13. The average molecular weight is 586 g/mol. The molecule has 218 valence electrons. The minimum Gasteiger partial charge on any atom is -0.492 e. The number of piperidine rings is 1. The van der Waals surface area contributed by atoms with Crippen molar-refractivity contribution in [3.63, 3.8) is 0 Å². The van der Waals surface area contributed by atoms with Gasteiger partial charge in [-0.1, -0.05) is 6.42 Å². The lowest BCUT2D eigenvalue weighted by atomic mass is 9.99. The van der Waals surface area contributed by atoms with Gasteiger partial charge in [0.05, 0.1) is 4.90 Å². The molecule has 5 rings (SSSR count). The van der Waals surface area contributed by atoms with Gasteiger partial charge in [0.1, 0.15) is 29.7 Å². The highest BCUT2D eigenvalue weighted by atomic mass is 32.2. The molecule has 3 aromatic carbocycles. The highest BCUT2D eigenvalue weighted by Gasteiger charge is 2.39. The Morgan fingerprint density at radius 3 is 2.27 bits per heavy atom. The Bertz CT molecular complexity index is 1450. The van der Waals surface area contributed by atoms with E-state index in [1.807, 2.05) is 6.07 Å². The number of nitrogens with one attached hydrogen (secondary N) is 1. The van der Waals surface area contributed by atoms with Gasteiger partial charge in [0.15, 0.2) is 6.23 Å². The number of rotatable bonds is 9. The summed E-state index contributed by atoms with van der Waals surface area (Å²) in [6.45, 7) is 3.55. The van der Waals surface area contributed by atoms with Crippen LogP contribution in [0.3, 0.4) is 0 Å². The molecule has 0 bridgehead atoms. The Morgan fingerprint density at radius 2 is 1.59 bits per heavy atom. The van der Waals surface area contributed by atoms with Gasteiger partial charge in [0, 0.05) is 18.7 Å². The van der Waals surface area contributed by atoms with Gasteiger partial charge < -0.3 is 14.2 Å². The van der Waals surface area contributed by atoms with E-state index in [0.29, 0.717) is 35.8 Å². The molecule has 2 aliphatic heterocycles. The molecule has 3 aromatic rings. The maximum absolute atomic E-state index is 13.7. The molecule has 41 heavy (non-hydrogen) atoms. The van der Waals surface area contributed by atoms with Crippen molar-refractivity contribution in [3.8, 4) is 17.2 Å². The largest absolute Gasteiger partial charge is 0.492 e. The number of halogens is 1. The second-order valence-electron chi connectivity index (χ2n) is 9.87. The van der Waals surface area contributed by atoms with Gasteiger partial charge in [-0.3, -0.25) is 10.1 Å². The van der Waals surface area contributed by atoms with E-state index in [1.165, 1.54) is 73.3 Å². The van der Waals surface area contributed by atoms with Crippen LogP contribution < -0.4 is 15.0 Å². The Balaban J connectivity index is 1.32. The van der Waals surface area contributed by atoms with Crippen LogP contribution in [0.15, 0.2) is 71.6 Å². The predicted octanol–water partition coefficient (Wildman–Crippen LogP) is 4.84. The number of carbonyl (C=O) groups excluding carboxylic acids is 1. The lowest BCUT2D eigenvalue weighted by Gasteiger charge is -2.35. The zero-order valence-electron chi connectivity index (χ0n) is 22.4. The summed E-state index contributed by atoms with van der Waals surface area (Å²) in [7, 11) is -4.13. The summed E-state index contributed by atoms with van der Waals surface area (Å²) in [5.41, 5.74) is 2.67. The van der Waals surface area contributed by atoms with E-state index in [2.05, 4.69) is 4.90 Å². The standard InChI is InChI=1S/C29H32FN3O7S/c30-22-4-6-23(7-5-22)39-24-8-11-26(12-9-24)41(36,37)33-17-14-21-20-25(38-19-18-32-15-2-1-3-16-32)10-13-27(21)28(33)40-29(34)31-35/h4-13,20,28,35H,1-3,14-19H2,(H,31,34). The normalized spacial score (nSPS) is 17.9. The molecular formula is C29H32FN3O7S. The number of hydroxylamine groups is 1. The van der Waals surface area contributed by atoms with E-state index >= 15 is 0 Å². The van der Waals surface area contributed by atoms with Crippen molar-refractivity contribution < 1.29 is 37.0 Å². The van der Waals surface area contributed by atoms with E-state index in [-0.39, 0.29) is 11.4 Å². The molecule has 0 spiro atoms. The van der Waals surface area contributed by atoms with E-state index in [1.54, 1.807) is 12.1 Å². The fourth-order valence-corrected chi connectivity index (χ4v) is 6.55. The maximum atomic E-state index is 13.7. The number of hydrogen-bond donors (Lipinski definition) is 2. The summed E-state index contributed by atoms with van der Waals surface area (Å²) in [5.74, 6) is 1.01. The zero-order chi connectivity index (χ0) is 28.8. The van der Waals surface area contributed by atoms with E-state index in [4.69, 9.17) is 19.4 Å². The summed E-state index contributed by atoms with van der Waals surface area (Å²) in [6.07, 6.45) is 1.54. The average Bonchev–Trinajstić information content (AvgIpc) is 2.99. The van der Waals surface area contributed by atoms with Crippen molar-refractivity contribution in [1.82, 2.24) is 14.7 Å². The molecule has 2 N–H and O–H groups in total. The third-order valence-electron chi connectivity index (χ3n) is 7.16. The first kappa shape index (κ1) is 28.8. The van der Waals surface area contributed by atoms with Gasteiger partial charge in [-0.2, -0.15) is 4.31 Å². The molecule has 0 saturated carbocycles. The summed E-state index contributed by atoms with van der Waals surface area (Å²) in [4.78, 5) is 14.4. The molecule has 1 saturated heterocycles. The second-order valence-corrected chi connectivity index (χ2v) is 11.8. The lowest BCUT2D eigenvalue weighted by molar-refractivity contribution is 0.00231. The third-order valence-corrected chi connectivity index (χ3v) is 9.02. The predicted molar refractivity (Wildman–Crippen MR) is 147 cm³/mol. The van der Waals surface area contributed by atoms with Gasteiger partial charge in [-0.15, -0.1) is 0 Å². The first-order valence-electron chi connectivity index (χ1n) is 13.5. The summed E-state index contributed by atoms with van der Waals surface area (Å²) >= 11 is 0. The second kappa shape index (κ2) is 12.9. The van der Waals surface area contributed by atoms with Crippen molar-refractivity contribution in [3.05, 3.63) is 83.7 Å². The highest BCUT2D eigenvalue weighted by molar-refractivity contribution is 7.89. The SMILES string of the molecule is O=C(NO)OC1c2ccc(OCCN3CCCCC3)cc2CCN1S(=O)(=O)c1ccc(Oc2ccc(F)cc2)cc1. The highest BCUT2D eigenvalue weighted by Crippen LogP contribution is 2.37. The number of sulfonamides is 1. The minimum absolute atomic E-state index is 0.0315. The number of ether oxygens (including phenoxy) is 3. The smallest absolute Gasteiger partial charge is 0.432 e. The van der Waals surface area contributed by atoms with Crippen molar-refractivity contribution in [2.24, 2.45) is 0 Å². The fourth-order valence-electron chi connectivity index (χ4n) is 5.06. The number of likely N-dealkylation sites (tertiary alicyclic amines) is 1. The van der Waals surface area contributed by atoms with Gasteiger partial charge in [0.25, 0.3) is 0 Å². The molecule has 0 aliphatic carbocycles. The Morgan fingerprint density at radius 1 is 0.927 bits per heavy atom. The first-order valence-corrected chi connectivity index (χ1v) is 14.9. The molecule has 0 aromatic heterocycles. The van der Waals surface area contributed by atoms with Crippen molar-refractivity contribution in [2.45, 2.75) is 36.8 Å². The van der Waals surface area contributed by atoms with Crippen molar-refractivity contribution in [1.29, 1.82) is 0 Å². The molecule has 0 radical (unpaired) electrons. The fraction of sp³-hybridized carbons (Fsp3) is 0.345. The molecular weight excluding hydrogens is 553 g/mol. The van der Waals surface area contributed by atoms with Crippen molar-refractivity contribution >= 4 is 16.1 Å². The van der Waals surface area contributed by atoms with Crippen LogP contribution in [0.5, 0.6) is 17.2 Å². The Labute approximate surface area is 238 Å². The van der Waals surface area contributed by atoms with Crippen LogP contribution in [0.25, 0.3) is 0 Å². The summed E-state index contributed by atoms with van der Waals surface area (Å²) < 4.78 is 58.6. The van der Waals surface area contributed by atoms with E-state index < -0.39 is 28.2 Å². The summed E-state index contributed by atoms with van der Waals surface area (Å²) in [5, 5.41) is 9.08. The quantitative estimate of drug-likeness (QED) is 0.271. The Hall–Kier alpha value is -3.71. The van der Waals surface area contributed by atoms with Crippen LogP contribution in [0.2, 0.25) is 0 Å². The first-order chi connectivity index (χ1) is 19.8. The maximum Gasteiger partial charge on any atom is 0.432 e. The van der Waals surface area contributed by atoms with Crippen LogP contribution in [-0.4, -0.2) is 61.7 Å². The molecule has 10 nitrogen and oxygen atoms in total. The molecule has 1 unspecified atom stereocenters. The number of hydrogen-bond acceptors (Lipinski definition) is 8. The Kier molecular flexibility index (Phi) is 9.03. The summed E-state index contributed by atoms with van der Waals surface area (Å²) in [6, 6.07) is 16.4. The van der Waals surface area contributed by atoms with E-state index in [0.717, 1.165) is 29.5 Å². The molecule has 1 amide bonds. The monoisotopic (exact) mass is 585 g/mol. The molecule has 1 atom stereocenters. The van der Waals surface area contributed by atoms with E-state index in [9.17, 15) is 17.6 Å². The van der Waals surface area contributed by atoms with Gasteiger partial charge in [0.2, 0.25) is 10.0 Å². The van der Waals surface area contributed by atoms with Gasteiger partial charge >= 0.3 is 6.09 Å². The van der Waals surface area contributed by atoms with Crippen LogP contribution >= 0.6 is 0 Å². The molecule has 2 aliphatic rings. The topological polar surface area (TPSA) is 118 Å². The third kappa shape index (κ3) is 6.96. The van der Waals surface area contributed by atoms with Crippen LogP contribution in [-0.2, 0) is 21.2 Å². The number of fused-ring (bicyclic) bond motifs is 1. The molecule has 2 heterocycles. The van der Waals surface area contributed by atoms with Crippen LogP contribution in [0, 0.1) is 5.82 Å². The number of nitrogens with zero attached hydrogens (tertiary/aromatic N) is 2. The van der Waals surface area contributed by atoms with Crippen molar-refractivity contribution in [2.75, 3.05) is 32.8 Å². The van der Waals surface area contributed by atoms with Gasteiger partial charge in [-0.05, 0) is 105 Å². The number of amides is 1.